The summed E-state index contributed by atoms with van der Waals surface area (Å²) in [4.78, 5) is 16.6. The highest BCUT2D eigenvalue weighted by molar-refractivity contribution is 7.92. The molecule has 1 aromatic heterocycles. The smallest absolute Gasteiger partial charge is 0.261 e. The van der Waals surface area contributed by atoms with Gasteiger partial charge in [0.25, 0.3) is 15.9 Å². The van der Waals surface area contributed by atoms with Gasteiger partial charge in [0.15, 0.2) is 0 Å². The number of benzene rings is 2. The Balaban J connectivity index is 1.48. The number of carbonyl (C=O) groups is 1. The molecule has 4 rings (SSSR count). The van der Waals surface area contributed by atoms with E-state index in [-0.39, 0.29) is 16.7 Å². The lowest BCUT2D eigenvalue weighted by molar-refractivity contribution is 0.0953. The molecule has 0 aliphatic heterocycles. The van der Waals surface area contributed by atoms with Crippen LogP contribution in [0.3, 0.4) is 0 Å². The Morgan fingerprint density at radius 2 is 1.78 bits per heavy atom. The van der Waals surface area contributed by atoms with Crippen LogP contribution in [0.1, 0.15) is 41.3 Å². The van der Waals surface area contributed by atoms with Crippen molar-refractivity contribution in [3.05, 3.63) is 77.5 Å². The standard InChI is InChI=1S/C24H25N3O4S/c1-2-25-23(28)22-8-5-15-26-24(22)31-20-12-10-19(11-13-20)27-32(29,30)21-14-9-17-6-3-4-7-18(17)16-21/h5,8-16,27H,2-4,6-7H2,1H3,(H,25,28). The number of ether oxygens (including phenoxy) is 1. The molecule has 0 fully saturated rings. The van der Waals surface area contributed by atoms with Crippen molar-refractivity contribution in [1.82, 2.24) is 10.3 Å². The first kappa shape index (κ1) is 21.8. The van der Waals surface area contributed by atoms with Crippen LogP contribution in [0, 0.1) is 0 Å². The van der Waals surface area contributed by atoms with Gasteiger partial charge in [-0.05, 0) is 92.3 Å². The first-order valence-corrected chi connectivity index (χ1v) is 12.1. The van der Waals surface area contributed by atoms with Gasteiger partial charge < -0.3 is 10.1 Å². The SMILES string of the molecule is CCNC(=O)c1cccnc1Oc1ccc(NS(=O)(=O)c2ccc3c(c2)CCCC3)cc1. The summed E-state index contributed by atoms with van der Waals surface area (Å²) in [7, 11) is -3.70. The van der Waals surface area contributed by atoms with Gasteiger partial charge >= 0.3 is 0 Å². The van der Waals surface area contributed by atoms with E-state index in [9.17, 15) is 13.2 Å². The Hall–Kier alpha value is -3.39. The monoisotopic (exact) mass is 451 g/mol. The van der Waals surface area contributed by atoms with Crippen LogP contribution in [-0.4, -0.2) is 25.9 Å². The molecule has 0 saturated heterocycles. The number of aryl methyl sites for hydroxylation is 2. The van der Waals surface area contributed by atoms with Crippen LogP contribution < -0.4 is 14.8 Å². The number of anilines is 1. The van der Waals surface area contributed by atoms with E-state index in [1.165, 1.54) is 5.56 Å². The molecule has 1 aliphatic carbocycles. The molecule has 2 N–H and O–H groups in total. The van der Waals surface area contributed by atoms with Gasteiger partial charge in [0.2, 0.25) is 5.88 Å². The van der Waals surface area contributed by atoms with Crippen molar-refractivity contribution in [1.29, 1.82) is 0 Å². The molecule has 3 aromatic rings. The number of pyridine rings is 1. The van der Waals surface area contributed by atoms with Crippen LogP contribution >= 0.6 is 0 Å². The predicted octanol–water partition coefficient (Wildman–Crippen LogP) is 4.30. The van der Waals surface area contributed by atoms with E-state index >= 15 is 0 Å². The lowest BCUT2D eigenvalue weighted by Gasteiger charge is -2.17. The predicted molar refractivity (Wildman–Crippen MR) is 123 cm³/mol. The summed E-state index contributed by atoms with van der Waals surface area (Å²) in [5, 5.41) is 2.72. The zero-order chi connectivity index (χ0) is 22.6. The molecular weight excluding hydrogens is 426 g/mol. The number of nitrogens with zero attached hydrogens (tertiary/aromatic N) is 1. The van der Waals surface area contributed by atoms with Crippen LogP contribution in [-0.2, 0) is 22.9 Å². The Morgan fingerprint density at radius 3 is 2.53 bits per heavy atom. The number of rotatable bonds is 7. The van der Waals surface area contributed by atoms with Gasteiger partial charge in [0.1, 0.15) is 11.3 Å². The van der Waals surface area contributed by atoms with Crippen LogP contribution in [0.2, 0.25) is 0 Å². The van der Waals surface area contributed by atoms with Gasteiger partial charge in [0.05, 0.1) is 4.90 Å². The fraction of sp³-hybridized carbons (Fsp3) is 0.250. The Kier molecular flexibility index (Phi) is 6.41. The highest BCUT2D eigenvalue weighted by Crippen LogP contribution is 2.27. The number of aromatic nitrogens is 1. The molecule has 1 amide bonds. The molecule has 2 aromatic carbocycles. The second-order valence-electron chi connectivity index (χ2n) is 7.59. The number of amides is 1. The van der Waals surface area contributed by atoms with E-state index in [0.29, 0.717) is 23.5 Å². The summed E-state index contributed by atoms with van der Waals surface area (Å²) < 4.78 is 34.1. The third kappa shape index (κ3) is 4.91. The Morgan fingerprint density at radius 1 is 1.03 bits per heavy atom. The maximum Gasteiger partial charge on any atom is 0.261 e. The maximum absolute atomic E-state index is 12.8. The molecule has 7 nitrogen and oxygen atoms in total. The Labute approximate surface area is 187 Å². The van der Waals surface area contributed by atoms with Crippen molar-refractivity contribution in [2.24, 2.45) is 0 Å². The van der Waals surface area contributed by atoms with Crippen molar-refractivity contribution in [2.75, 3.05) is 11.3 Å². The maximum atomic E-state index is 12.8. The van der Waals surface area contributed by atoms with E-state index in [0.717, 1.165) is 31.2 Å². The summed E-state index contributed by atoms with van der Waals surface area (Å²) in [6.07, 6.45) is 5.69. The van der Waals surface area contributed by atoms with Crippen molar-refractivity contribution in [3.8, 4) is 11.6 Å². The third-order valence-electron chi connectivity index (χ3n) is 5.30. The van der Waals surface area contributed by atoms with E-state index in [1.807, 2.05) is 13.0 Å². The second kappa shape index (κ2) is 9.40. The fourth-order valence-corrected chi connectivity index (χ4v) is 4.80. The minimum atomic E-state index is -3.70. The minimum Gasteiger partial charge on any atom is -0.438 e. The summed E-state index contributed by atoms with van der Waals surface area (Å²) in [5.74, 6) is 0.344. The van der Waals surface area contributed by atoms with Gasteiger partial charge in [-0.2, -0.15) is 0 Å². The van der Waals surface area contributed by atoms with Crippen molar-refractivity contribution in [2.45, 2.75) is 37.5 Å². The molecule has 0 spiro atoms. The van der Waals surface area contributed by atoms with E-state index in [1.54, 1.807) is 54.7 Å². The van der Waals surface area contributed by atoms with Gasteiger partial charge in [-0.3, -0.25) is 9.52 Å². The molecule has 0 radical (unpaired) electrons. The molecule has 8 heteroatoms. The van der Waals surface area contributed by atoms with Crippen molar-refractivity contribution in [3.63, 3.8) is 0 Å². The number of hydrogen-bond acceptors (Lipinski definition) is 5. The highest BCUT2D eigenvalue weighted by Gasteiger charge is 2.18. The average molecular weight is 452 g/mol. The van der Waals surface area contributed by atoms with Gasteiger partial charge in [-0.25, -0.2) is 13.4 Å². The largest absolute Gasteiger partial charge is 0.438 e. The first-order chi connectivity index (χ1) is 15.5. The third-order valence-corrected chi connectivity index (χ3v) is 6.68. The Bertz CT molecular complexity index is 1220. The van der Waals surface area contributed by atoms with Gasteiger partial charge in [0, 0.05) is 18.4 Å². The lowest BCUT2D eigenvalue weighted by Crippen LogP contribution is -2.23. The number of fused-ring (bicyclic) bond motifs is 1. The molecule has 0 unspecified atom stereocenters. The number of sulfonamides is 1. The van der Waals surface area contributed by atoms with Crippen molar-refractivity contribution < 1.29 is 17.9 Å². The van der Waals surface area contributed by atoms with Crippen LogP contribution in [0.5, 0.6) is 11.6 Å². The zero-order valence-electron chi connectivity index (χ0n) is 17.8. The molecule has 1 heterocycles. The average Bonchev–Trinajstić information content (AvgIpc) is 2.80. The first-order valence-electron chi connectivity index (χ1n) is 10.6. The van der Waals surface area contributed by atoms with Crippen LogP contribution in [0.4, 0.5) is 5.69 Å². The zero-order valence-corrected chi connectivity index (χ0v) is 18.6. The number of nitrogens with one attached hydrogen (secondary N) is 2. The number of hydrogen-bond donors (Lipinski definition) is 2. The molecule has 0 bridgehead atoms. The normalized spacial score (nSPS) is 13.2. The van der Waals surface area contributed by atoms with E-state index in [4.69, 9.17) is 4.74 Å². The molecule has 166 valence electrons. The summed E-state index contributed by atoms with van der Waals surface area (Å²) in [5.41, 5.74) is 3.09. The van der Waals surface area contributed by atoms with E-state index < -0.39 is 10.0 Å². The molecular formula is C24H25N3O4S. The molecule has 0 atom stereocenters. The van der Waals surface area contributed by atoms with Gasteiger partial charge in [-0.1, -0.05) is 6.07 Å². The van der Waals surface area contributed by atoms with E-state index in [2.05, 4.69) is 15.0 Å². The summed E-state index contributed by atoms with van der Waals surface area (Å²) in [6, 6.07) is 15.1. The second-order valence-corrected chi connectivity index (χ2v) is 9.27. The summed E-state index contributed by atoms with van der Waals surface area (Å²) >= 11 is 0. The minimum absolute atomic E-state index is 0.181. The van der Waals surface area contributed by atoms with Crippen LogP contribution in [0.25, 0.3) is 0 Å². The fourth-order valence-electron chi connectivity index (χ4n) is 3.69. The van der Waals surface area contributed by atoms with Gasteiger partial charge in [-0.15, -0.1) is 0 Å². The lowest BCUT2D eigenvalue weighted by atomic mass is 9.92. The highest BCUT2D eigenvalue weighted by atomic mass is 32.2. The number of carbonyl (C=O) groups excluding carboxylic acids is 1. The van der Waals surface area contributed by atoms with Crippen molar-refractivity contribution >= 4 is 21.6 Å². The molecule has 32 heavy (non-hydrogen) atoms. The summed E-state index contributed by atoms with van der Waals surface area (Å²) in [6.45, 7) is 2.32. The molecule has 0 saturated carbocycles. The quantitative estimate of drug-likeness (QED) is 0.558. The van der Waals surface area contributed by atoms with Crippen LogP contribution in [0.15, 0.2) is 65.7 Å². The topological polar surface area (TPSA) is 97.4 Å². The molecule has 1 aliphatic rings.